The lowest BCUT2D eigenvalue weighted by Crippen LogP contribution is -2.22. The van der Waals surface area contributed by atoms with E-state index in [-0.39, 0.29) is 17.9 Å². The molecule has 0 heterocycles. The van der Waals surface area contributed by atoms with Gasteiger partial charge in [-0.25, -0.2) is 4.39 Å². The number of hydrogen-bond acceptors (Lipinski definition) is 2. The highest BCUT2D eigenvalue weighted by molar-refractivity contribution is 5.33. The van der Waals surface area contributed by atoms with Crippen molar-refractivity contribution in [2.45, 2.75) is 25.9 Å². The zero-order valence-electron chi connectivity index (χ0n) is 11.6. The van der Waals surface area contributed by atoms with Crippen molar-refractivity contribution >= 4 is 0 Å². The third-order valence-electron chi connectivity index (χ3n) is 3.41. The maximum absolute atomic E-state index is 12.9. The second-order valence-corrected chi connectivity index (χ2v) is 4.90. The van der Waals surface area contributed by atoms with E-state index >= 15 is 0 Å². The van der Waals surface area contributed by atoms with E-state index in [4.69, 9.17) is 5.26 Å². The highest BCUT2D eigenvalue weighted by Gasteiger charge is 2.11. The van der Waals surface area contributed by atoms with Crippen molar-refractivity contribution in [2.75, 3.05) is 0 Å². The summed E-state index contributed by atoms with van der Waals surface area (Å²) in [5, 5.41) is 12.3. The van der Waals surface area contributed by atoms with Crippen LogP contribution in [0.5, 0.6) is 0 Å². The first-order valence-electron chi connectivity index (χ1n) is 6.61. The van der Waals surface area contributed by atoms with Gasteiger partial charge in [-0.3, -0.25) is 0 Å². The van der Waals surface area contributed by atoms with Crippen molar-refractivity contribution in [3.63, 3.8) is 0 Å². The molecule has 0 spiro atoms. The molecule has 1 N–H and O–H groups in total. The number of nitriles is 1. The van der Waals surface area contributed by atoms with Gasteiger partial charge in [-0.05, 0) is 49.2 Å². The average molecular weight is 268 g/mol. The van der Waals surface area contributed by atoms with Crippen LogP contribution in [0.15, 0.2) is 48.5 Å². The van der Waals surface area contributed by atoms with Crippen LogP contribution in [0, 0.1) is 17.1 Å². The van der Waals surface area contributed by atoms with E-state index in [1.54, 1.807) is 12.1 Å². The van der Waals surface area contributed by atoms with Crippen molar-refractivity contribution in [3.05, 3.63) is 71.0 Å². The molecule has 102 valence electrons. The highest BCUT2D eigenvalue weighted by atomic mass is 19.1. The third kappa shape index (κ3) is 3.43. The molecule has 0 aliphatic heterocycles. The Hall–Kier alpha value is -2.18. The van der Waals surface area contributed by atoms with Crippen LogP contribution in [0.25, 0.3) is 0 Å². The summed E-state index contributed by atoms with van der Waals surface area (Å²) in [7, 11) is 0. The summed E-state index contributed by atoms with van der Waals surface area (Å²) in [5.74, 6) is -0.221. The second-order valence-electron chi connectivity index (χ2n) is 4.90. The molecule has 2 rings (SSSR count). The van der Waals surface area contributed by atoms with E-state index in [9.17, 15) is 4.39 Å². The fourth-order valence-corrected chi connectivity index (χ4v) is 2.17. The van der Waals surface area contributed by atoms with Crippen LogP contribution in [-0.2, 0) is 0 Å². The quantitative estimate of drug-likeness (QED) is 0.905. The standard InChI is InChI=1S/C17H17FN2/c1-12(15-5-3-14(11-19)4-6-15)20-13(2)16-7-9-17(18)10-8-16/h3-10,12-13,20H,1-2H3/t12?,13-/m0/s1. The Labute approximate surface area is 118 Å². The summed E-state index contributed by atoms with van der Waals surface area (Å²) in [5.41, 5.74) is 2.83. The summed E-state index contributed by atoms with van der Waals surface area (Å²) in [6.07, 6.45) is 0. The Balaban J connectivity index is 2.04. The minimum absolute atomic E-state index is 0.126. The number of hydrogen-bond donors (Lipinski definition) is 1. The van der Waals surface area contributed by atoms with Crippen LogP contribution in [0.3, 0.4) is 0 Å². The number of benzene rings is 2. The van der Waals surface area contributed by atoms with Crippen LogP contribution in [-0.4, -0.2) is 0 Å². The molecule has 2 nitrogen and oxygen atoms in total. The monoisotopic (exact) mass is 268 g/mol. The molecule has 0 aromatic heterocycles. The molecule has 2 aromatic rings. The minimum atomic E-state index is -0.221. The Morgan fingerprint density at radius 2 is 1.35 bits per heavy atom. The van der Waals surface area contributed by atoms with Crippen molar-refractivity contribution in [1.29, 1.82) is 5.26 Å². The van der Waals surface area contributed by atoms with Gasteiger partial charge in [0.1, 0.15) is 5.82 Å². The molecular weight excluding hydrogens is 251 g/mol. The van der Waals surface area contributed by atoms with Crippen molar-refractivity contribution < 1.29 is 4.39 Å². The number of rotatable bonds is 4. The molecule has 3 heteroatoms. The van der Waals surface area contributed by atoms with E-state index in [2.05, 4.69) is 18.3 Å². The molecule has 0 saturated heterocycles. The lowest BCUT2D eigenvalue weighted by molar-refractivity contribution is 0.494. The summed E-state index contributed by atoms with van der Waals surface area (Å²) in [6.45, 7) is 4.12. The van der Waals surface area contributed by atoms with Gasteiger partial charge in [-0.2, -0.15) is 5.26 Å². The van der Waals surface area contributed by atoms with Gasteiger partial charge in [-0.15, -0.1) is 0 Å². The molecule has 2 aromatic carbocycles. The largest absolute Gasteiger partial charge is 0.304 e. The van der Waals surface area contributed by atoms with Crippen LogP contribution >= 0.6 is 0 Å². The van der Waals surface area contributed by atoms with Crippen LogP contribution in [0.4, 0.5) is 4.39 Å². The zero-order chi connectivity index (χ0) is 14.5. The first-order chi connectivity index (χ1) is 9.60. The minimum Gasteiger partial charge on any atom is -0.304 e. The Morgan fingerprint density at radius 3 is 1.80 bits per heavy atom. The molecule has 0 aliphatic rings. The van der Waals surface area contributed by atoms with E-state index in [0.29, 0.717) is 5.56 Å². The van der Waals surface area contributed by atoms with Gasteiger partial charge in [0.05, 0.1) is 11.6 Å². The van der Waals surface area contributed by atoms with Gasteiger partial charge in [0.25, 0.3) is 0 Å². The van der Waals surface area contributed by atoms with Crippen LogP contribution in [0.2, 0.25) is 0 Å². The second kappa shape index (κ2) is 6.31. The zero-order valence-corrected chi connectivity index (χ0v) is 11.6. The Morgan fingerprint density at radius 1 is 0.900 bits per heavy atom. The maximum Gasteiger partial charge on any atom is 0.123 e. The predicted molar refractivity (Wildman–Crippen MR) is 77.5 cm³/mol. The fourth-order valence-electron chi connectivity index (χ4n) is 2.17. The summed E-state index contributed by atoms with van der Waals surface area (Å²) >= 11 is 0. The SMILES string of the molecule is CC(N[C@@H](C)c1ccc(F)cc1)c1ccc(C#N)cc1. The van der Waals surface area contributed by atoms with Crippen LogP contribution < -0.4 is 5.32 Å². The first kappa shape index (κ1) is 14.2. The van der Waals surface area contributed by atoms with Crippen molar-refractivity contribution in [2.24, 2.45) is 0 Å². The highest BCUT2D eigenvalue weighted by Crippen LogP contribution is 2.20. The molecule has 2 atom stereocenters. The topological polar surface area (TPSA) is 35.8 Å². The predicted octanol–water partition coefficient (Wildman–Crippen LogP) is 4.11. The average Bonchev–Trinajstić information content (AvgIpc) is 2.48. The molecule has 20 heavy (non-hydrogen) atoms. The number of nitrogens with one attached hydrogen (secondary N) is 1. The smallest absolute Gasteiger partial charge is 0.123 e. The van der Waals surface area contributed by atoms with Gasteiger partial charge in [-0.1, -0.05) is 24.3 Å². The molecule has 1 unspecified atom stereocenters. The lowest BCUT2D eigenvalue weighted by atomic mass is 10.0. The first-order valence-corrected chi connectivity index (χ1v) is 6.61. The van der Waals surface area contributed by atoms with Crippen LogP contribution in [0.1, 0.15) is 42.6 Å². The molecule has 0 bridgehead atoms. The normalized spacial score (nSPS) is 13.5. The van der Waals surface area contributed by atoms with E-state index in [0.717, 1.165) is 11.1 Å². The fraction of sp³-hybridized carbons (Fsp3) is 0.235. The molecule has 0 aliphatic carbocycles. The molecule has 0 fully saturated rings. The number of nitrogens with zero attached hydrogens (tertiary/aromatic N) is 1. The lowest BCUT2D eigenvalue weighted by Gasteiger charge is -2.21. The van der Waals surface area contributed by atoms with E-state index < -0.39 is 0 Å². The summed E-state index contributed by atoms with van der Waals surface area (Å²) in [6, 6.07) is 16.5. The van der Waals surface area contributed by atoms with Crippen molar-refractivity contribution in [1.82, 2.24) is 5.32 Å². The number of halogens is 1. The van der Waals surface area contributed by atoms with Gasteiger partial charge in [0.15, 0.2) is 0 Å². The summed E-state index contributed by atoms with van der Waals surface area (Å²) in [4.78, 5) is 0. The third-order valence-corrected chi connectivity index (χ3v) is 3.41. The van der Waals surface area contributed by atoms with Gasteiger partial charge in [0, 0.05) is 12.1 Å². The van der Waals surface area contributed by atoms with E-state index in [1.165, 1.54) is 12.1 Å². The Bertz CT molecular complexity index is 596. The van der Waals surface area contributed by atoms with Gasteiger partial charge in [0.2, 0.25) is 0 Å². The van der Waals surface area contributed by atoms with E-state index in [1.807, 2.05) is 31.2 Å². The van der Waals surface area contributed by atoms with Crippen molar-refractivity contribution in [3.8, 4) is 6.07 Å². The molecule has 0 amide bonds. The van der Waals surface area contributed by atoms with Gasteiger partial charge >= 0.3 is 0 Å². The maximum atomic E-state index is 12.9. The Kier molecular flexibility index (Phi) is 4.49. The molecular formula is C17H17FN2. The summed E-state index contributed by atoms with van der Waals surface area (Å²) < 4.78 is 12.9. The van der Waals surface area contributed by atoms with Gasteiger partial charge < -0.3 is 5.32 Å². The molecule has 0 saturated carbocycles. The molecule has 0 radical (unpaired) electrons.